The zero-order chi connectivity index (χ0) is 11.5. The number of esters is 1. The van der Waals surface area contributed by atoms with Crippen molar-refractivity contribution < 1.29 is 18.5 Å². The molecule has 0 unspecified atom stereocenters. The van der Waals surface area contributed by atoms with Gasteiger partial charge in [0.15, 0.2) is 10.4 Å². The van der Waals surface area contributed by atoms with Crippen LogP contribution in [-0.4, -0.2) is 22.7 Å². The van der Waals surface area contributed by atoms with E-state index < -0.39 is 5.97 Å². The summed E-state index contributed by atoms with van der Waals surface area (Å²) in [4.78, 5) is 15.1. The Bertz CT molecular complexity index is 505. The zero-order valence-corrected chi connectivity index (χ0v) is 9.85. The molecule has 0 aromatic carbocycles. The Balaban J connectivity index is 2.22. The Morgan fingerprint density at radius 1 is 1.56 bits per heavy atom. The fourth-order valence-corrected chi connectivity index (χ4v) is 1.34. The fourth-order valence-electron chi connectivity index (χ4n) is 1.03. The molecule has 2 aromatic rings. The number of carbonyl (C=O) groups is 1. The first-order valence-corrected chi connectivity index (χ1v) is 5.26. The number of halogens is 1. The van der Waals surface area contributed by atoms with Crippen LogP contribution in [0, 0.1) is 0 Å². The summed E-state index contributed by atoms with van der Waals surface area (Å²) in [5.41, 5.74) is 0. The van der Waals surface area contributed by atoms with Crippen LogP contribution in [0.3, 0.4) is 0 Å². The second kappa shape index (κ2) is 4.48. The van der Waals surface area contributed by atoms with Crippen LogP contribution in [0.15, 0.2) is 25.7 Å². The molecule has 84 valence electrons. The van der Waals surface area contributed by atoms with Crippen molar-refractivity contribution in [1.29, 1.82) is 0 Å². The molecule has 0 atom stereocenters. The number of carbonyl (C=O) groups excluding carboxylic acids is 1. The normalized spacial score (nSPS) is 10.4. The molecule has 0 aliphatic carbocycles. The third kappa shape index (κ3) is 2.13. The van der Waals surface area contributed by atoms with Gasteiger partial charge in [0.2, 0.25) is 0 Å². The average Bonchev–Trinajstić information content (AvgIpc) is 2.85. The molecule has 7 heteroatoms. The summed E-state index contributed by atoms with van der Waals surface area (Å²) in [6.45, 7) is 1.96. The minimum Gasteiger partial charge on any atom is -0.460 e. The first kappa shape index (κ1) is 10.9. The van der Waals surface area contributed by atoms with Crippen molar-refractivity contribution in [2.24, 2.45) is 0 Å². The van der Waals surface area contributed by atoms with Gasteiger partial charge in [0.05, 0.1) is 6.61 Å². The molecule has 0 fully saturated rings. The second-order valence-electron chi connectivity index (χ2n) is 2.75. The van der Waals surface area contributed by atoms with Gasteiger partial charge >= 0.3 is 5.97 Å². The van der Waals surface area contributed by atoms with E-state index in [2.05, 4.69) is 26.1 Å². The molecule has 0 spiro atoms. The molecule has 0 bridgehead atoms. The van der Waals surface area contributed by atoms with Gasteiger partial charge in [-0.1, -0.05) is 0 Å². The number of hydrogen-bond acceptors (Lipinski definition) is 6. The summed E-state index contributed by atoms with van der Waals surface area (Å²) in [7, 11) is 0. The molecular formula is C9H7BrN2O4. The number of furan rings is 1. The second-order valence-corrected chi connectivity index (χ2v) is 3.53. The van der Waals surface area contributed by atoms with E-state index in [9.17, 15) is 4.79 Å². The van der Waals surface area contributed by atoms with E-state index >= 15 is 0 Å². The summed E-state index contributed by atoms with van der Waals surface area (Å²) in [5, 5.41) is 3.48. The molecule has 2 aromatic heterocycles. The third-order valence-electron chi connectivity index (χ3n) is 1.67. The SMILES string of the molecule is CCOC(=O)c1noc(-c2ccc(Br)o2)n1. The van der Waals surface area contributed by atoms with Gasteiger partial charge in [-0.05, 0) is 40.1 Å². The van der Waals surface area contributed by atoms with Crippen LogP contribution in [0.1, 0.15) is 17.5 Å². The summed E-state index contributed by atoms with van der Waals surface area (Å²) in [6, 6.07) is 3.33. The Labute approximate surface area is 98.7 Å². The molecule has 2 rings (SSSR count). The lowest BCUT2D eigenvalue weighted by atomic mass is 10.4. The predicted molar refractivity (Wildman–Crippen MR) is 55.7 cm³/mol. The highest BCUT2D eigenvalue weighted by Crippen LogP contribution is 2.23. The van der Waals surface area contributed by atoms with E-state index in [1.165, 1.54) is 0 Å². The predicted octanol–water partition coefficient (Wildman–Crippen LogP) is 2.27. The van der Waals surface area contributed by atoms with Gasteiger partial charge in [-0.15, -0.1) is 0 Å². The Morgan fingerprint density at radius 3 is 3.00 bits per heavy atom. The van der Waals surface area contributed by atoms with Gasteiger partial charge < -0.3 is 13.7 Å². The Morgan fingerprint density at radius 2 is 2.38 bits per heavy atom. The molecule has 0 saturated carbocycles. The minimum atomic E-state index is -0.622. The van der Waals surface area contributed by atoms with Crippen molar-refractivity contribution in [1.82, 2.24) is 10.1 Å². The van der Waals surface area contributed by atoms with E-state index in [4.69, 9.17) is 13.7 Å². The van der Waals surface area contributed by atoms with Crippen molar-refractivity contribution in [3.63, 3.8) is 0 Å². The van der Waals surface area contributed by atoms with Crippen LogP contribution in [0.5, 0.6) is 0 Å². The maximum absolute atomic E-state index is 11.2. The van der Waals surface area contributed by atoms with Crippen molar-refractivity contribution in [3.8, 4) is 11.7 Å². The topological polar surface area (TPSA) is 78.4 Å². The smallest absolute Gasteiger partial charge is 0.379 e. The lowest BCUT2D eigenvalue weighted by molar-refractivity contribution is 0.0508. The first-order chi connectivity index (χ1) is 7.70. The first-order valence-electron chi connectivity index (χ1n) is 4.47. The highest BCUT2D eigenvalue weighted by molar-refractivity contribution is 9.10. The lowest BCUT2D eigenvalue weighted by Crippen LogP contribution is -2.06. The lowest BCUT2D eigenvalue weighted by Gasteiger charge is -1.93. The van der Waals surface area contributed by atoms with Crippen LogP contribution in [0.2, 0.25) is 0 Å². The van der Waals surface area contributed by atoms with E-state index in [1.54, 1.807) is 19.1 Å². The highest BCUT2D eigenvalue weighted by Gasteiger charge is 2.18. The van der Waals surface area contributed by atoms with E-state index in [1.807, 2.05) is 0 Å². The molecule has 0 aliphatic rings. The van der Waals surface area contributed by atoms with Crippen LogP contribution in [0.25, 0.3) is 11.7 Å². The van der Waals surface area contributed by atoms with Crippen molar-refractivity contribution >= 4 is 21.9 Å². The van der Waals surface area contributed by atoms with E-state index in [-0.39, 0.29) is 18.3 Å². The highest BCUT2D eigenvalue weighted by atomic mass is 79.9. The number of aromatic nitrogens is 2. The standard InChI is InChI=1S/C9H7BrN2O4/c1-2-14-9(13)7-11-8(16-12-7)5-3-4-6(10)15-5/h3-4H,2H2,1H3. The van der Waals surface area contributed by atoms with E-state index in [0.29, 0.717) is 10.4 Å². The molecule has 0 radical (unpaired) electrons. The van der Waals surface area contributed by atoms with Crippen LogP contribution >= 0.6 is 15.9 Å². The monoisotopic (exact) mass is 286 g/mol. The minimum absolute atomic E-state index is 0.121. The number of ether oxygens (including phenoxy) is 1. The van der Waals surface area contributed by atoms with Crippen molar-refractivity contribution in [3.05, 3.63) is 22.6 Å². The van der Waals surface area contributed by atoms with Crippen molar-refractivity contribution in [2.75, 3.05) is 6.61 Å². The third-order valence-corrected chi connectivity index (χ3v) is 2.09. The van der Waals surface area contributed by atoms with Gasteiger partial charge in [-0.25, -0.2) is 4.79 Å². The van der Waals surface area contributed by atoms with Crippen LogP contribution in [-0.2, 0) is 4.74 Å². The van der Waals surface area contributed by atoms with Gasteiger partial charge in [0, 0.05) is 0 Å². The molecule has 2 heterocycles. The Hall–Kier alpha value is -1.63. The number of rotatable bonds is 3. The summed E-state index contributed by atoms with van der Waals surface area (Å²) in [6.07, 6.45) is 0. The average molecular weight is 287 g/mol. The fraction of sp³-hybridized carbons (Fsp3) is 0.222. The van der Waals surface area contributed by atoms with Crippen LogP contribution < -0.4 is 0 Å². The summed E-state index contributed by atoms with van der Waals surface area (Å²) >= 11 is 3.14. The molecule has 0 aliphatic heterocycles. The summed E-state index contributed by atoms with van der Waals surface area (Å²) in [5.74, 6) is -0.226. The molecule has 0 amide bonds. The summed E-state index contributed by atoms with van der Waals surface area (Å²) < 4.78 is 15.3. The van der Waals surface area contributed by atoms with Gasteiger partial charge in [0.1, 0.15) is 0 Å². The molecule has 0 N–H and O–H groups in total. The molecule has 16 heavy (non-hydrogen) atoms. The van der Waals surface area contributed by atoms with Gasteiger partial charge in [-0.2, -0.15) is 4.98 Å². The number of nitrogens with zero attached hydrogens (tertiary/aromatic N) is 2. The molecule has 6 nitrogen and oxygen atoms in total. The zero-order valence-electron chi connectivity index (χ0n) is 8.27. The Kier molecular flexibility index (Phi) is 3.04. The van der Waals surface area contributed by atoms with Crippen molar-refractivity contribution in [2.45, 2.75) is 6.92 Å². The molecular weight excluding hydrogens is 280 g/mol. The number of hydrogen-bond donors (Lipinski definition) is 0. The van der Waals surface area contributed by atoms with Gasteiger partial charge in [0.25, 0.3) is 11.7 Å². The largest absolute Gasteiger partial charge is 0.460 e. The maximum Gasteiger partial charge on any atom is 0.379 e. The maximum atomic E-state index is 11.2. The van der Waals surface area contributed by atoms with Gasteiger partial charge in [-0.3, -0.25) is 0 Å². The van der Waals surface area contributed by atoms with E-state index in [0.717, 1.165) is 0 Å². The quantitative estimate of drug-likeness (QED) is 0.806. The molecule has 0 saturated heterocycles. The van der Waals surface area contributed by atoms with Crippen LogP contribution in [0.4, 0.5) is 0 Å².